The van der Waals surface area contributed by atoms with Gasteiger partial charge in [-0.15, -0.1) is 0 Å². The van der Waals surface area contributed by atoms with Crippen LogP contribution in [0, 0.1) is 0 Å². The topological polar surface area (TPSA) is 232 Å². The maximum atomic E-state index is 13.3. The summed E-state index contributed by atoms with van der Waals surface area (Å²) in [5.41, 5.74) is -2.06. The third-order valence-electron chi connectivity index (χ3n) is 8.41. The maximum Gasteiger partial charge on any atom is 0.320 e. The van der Waals surface area contributed by atoms with Gasteiger partial charge >= 0.3 is 35.8 Å². The van der Waals surface area contributed by atoms with Gasteiger partial charge in [-0.25, -0.2) is 0 Å². The van der Waals surface area contributed by atoms with Crippen molar-refractivity contribution in [1.29, 1.82) is 0 Å². The van der Waals surface area contributed by atoms with Crippen LogP contribution in [0.15, 0.2) is 0 Å². The van der Waals surface area contributed by atoms with E-state index in [1.54, 1.807) is 62.3 Å². The molecule has 0 aromatic rings. The van der Waals surface area contributed by atoms with Crippen molar-refractivity contribution in [2.24, 2.45) is 0 Å². The van der Waals surface area contributed by atoms with E-state index in [1.165, 1.54) is 0 Å². The summed E-state index contributed by atoms with van der Waals surface area (Å²) in [6.07, 6.45) is -3.99. The second-order valence-corrected chi connectivity index (χ2v) is 18.0. The Hall–Kier alpha value is -3.95. The monoisotopic (exact) mass is 875 g/mol. The average molecular weight is 875 g/mol. The van der Waals surface area contributed by atoms with Gasteiger partial charge in [0, 0.05) is 92.8 Å². The highest BCUT2D eigenvalue weighted by Gasteiger charge is 2.35. The largest absolute Gasteiger partial charge is 0.462 e. The Morgan fingerprint density at radius 1 is 0.541 bits per heavy atom. The van der Waals surface area contributed by atoms with Gasteiger partial charge in [-0.3, -0.25) is 53.2 Å². The second kappa shape index (κ2) is 26.5. The Balaban J connectivity index is 3.12. The summed E-state index contributed by atoms with van der Waals surface area (Å²) in [6, 6.07) is 0. The highest BCUT2D eigenvalue weighted by atomic mass is 16.6. The predicted molar refractivity (Wildman–Crippen MR) is 223 cm³/mol. The molecule has 1 amide bonds. The third kappa shape index (κ3) is 28.3. The van der Waals surface area contributed by atoms with Crippen LogP contribution in [-0.4, -0.2) is 206 Å². The number of nitrogens with one attached hydrogen (secondary N) is 2. The minimum Gasteiger partial charge on any atom is -0.462 e. The number of nitrogens with zero attached hydrogens (tertiary/aromatic N) is 4. The Morgan fingerprint density at radius 3 is 1.23 bits per heavy atom. The molecule has 61 heavy (non-hydrogen) atoms. The van der Waals surface area contributed by atoms with Gasteiger partial charge in [-0.1, -0.05) is 0 Å². The van der Waals surface area contributed by atoms with Gasteiger partial charge in [-0.05, 0) is 62.3 Å². The molecular formula is C41H74N6O14. The highest BCUT2D eigenvalue weighted by Crippen LogP contribution is 2.13. The van der Waals surface area contributed by atoms with Crippen molar-refractivity contribution in [2.75, 3.05) is 105 Å². The van der Waals surface area contributed by atoms with Gasteiger partial charge in [0.25, 0.3) is 0 Å². The average Bonchev–Trinajstić information content (AvgIpc) is 3.07. The van der Waals surface area contributed by atoms with E-state index in [1.807, 2.05) is 19.6 Å². The Morgan fingerprint density at radius 2 is 0.902 bits per heavy atom. The van der Waals surface area contributed by atoms with Gasteiger partial charge in [0.15, 0.2) is 12.2 Å². The summed E-state index contributed by atoms with van der Waals surface area (Å²) in [5, 5.41) is 16.7. The number of carbonyl (C=O) groups excluding carboxylic acids is 7. The molecule has 352 valence electrons. The van der Waals surface area contributed by atoms with E-state index in [0.29, 0.717) is 52.4 Å². The van der Waals surface area contributed by atoms with Gasteiger partial charge in [0.05, 0.1) is 26.2 Å². The van der Waals surface area contributed by atoms with Crippen molar-refractivity contribution in [3.05, 3.63) is 0 Å². The Bertz CT molecular complexity index is 1380. The van der Waals surface area contributed by atoms with Crippen molar-refractivity contribution in [1.82, 2.24) is 30.2 Å². The summed E-state index contributed by atoms with van der Waals surface area (Å²) in [4.78, 5) is 94.8. The van der Waals surface area contributed by atoms with Gasteiger partial charge in [0.1, 0.15) is 29.5 Å². The van der Waals surface area contributed by atoms with E-state index in [2.05, 4.69) is 10.6 Å². The lowest BCUT2D eigenvalue weighted by Gasteiger charge is -2.34. The molecule has 0 radical (unpaired) electrons. The molecule has 1 saturated heterocycles. The molecule has 20 nitrogen and oxygen atoms in total. The van der Waals surface area contributed by atoms with Crippen LogP contribution in [0.5, 0.6) is 0 Å². The molecule has 0 bridgehead atoms. The number of aliphatic hydroxyl groups is 1. The van der Waals surface area contributed by atoms with Crippen molar-refractivity contribution < 1.29 is 67.1 Å². The van der Waals surface area contributed by atoms with E-state index in [4.69, 9.17) is 28.4 Å². The standard InChI is InChI=1S/C41H74N6O14/c1-29(48)56-28-33(57-30(2)49)38(58-31(3)50)32(51)23-42-13-14-43-34(52)24-44-15-17-45(25-35(53)59-39(4,5)6)19-21-47(27-37(55)61-41(10,11)12)22-20-46(18-16-44)26-36(54)60-40(7,8)9/h32-33,38,42,51H,13-28H2,1-12H3,(H,43,52)/t32?,33?,38-/m1/s1. The van der Waals surface area contributed by atoms with E-state index < -0.39 is 77.5 Å². The fourth-order valence-corrected chi connectivity index (χ4v) is 6.00. The Kier molecular flexibility index (Phi) is 23.9. The number of amides is 1. The first-order valence-corrected chi connectivity index (χ1v) is 20.8. The zero-order valence-corrected chi connectivity index (χ0v) is 38.6. The van der Waals surface area contributed by atoms with Gasteiger partial charge in [0.2, 0.25) is 5.91 Å². The lowest BCUT2D eigenvalue weighted by atomic mass is 10.1. The molecule has 0 aromatic carbocycles. The van der Waals surface area contributed by atoms with Gasteiger partial charge in [-0.2, -0.15) is 0 Å². The lowest BCUT2D eigenvalue weighted by molar-refractivity contribution is -0.182. The van der Waals surface area contributed by atoms with E-state index in [9.17, 15) is 38.7 Å². The molecule has 0 saturated carbocycles. The molecule has 1 rings (SSSR count). The van der Waals surface area contributed by atoms with Crippen LogP contribution in [-0.2, 0) is 62.0 Å². The number of esters is 6. The normalized spacial score (nSPS) is 17.3. The fourth-order valence-electron chi connectivity index (χ4n) is 6.00. The number of rotatable bonds is 19. The highest BCUT2D eigenvalue weighted by molar-refractivity contribution is 5.78. The molecule has 1 aliphatic heterocycles. The van der Waals surface area contributed by atoms with E-state index >= 15 is 0 Å². The van der Waals surface area contributed by atoms with Crippen LogP contribution in [0.1, 0.15) is 83.1 Å². The van der Waals surface area contributed by atoms with Gasteiger partial charge < -0.3 is 44.2 Å². The predicted octanol–water partition coefficient (Wildman–Crippen LogP) is -0.274. The number of ether oxygens (including phenoxy) is 6. The molecule has 3 atom stereocenters. The van der Waals surface area contributed by atoms with Crippen LogP contribution in [0.25, 0.3) is 0 Å². The second-order valence-electron chi connectivity index (χ2n) is 18.0. The van der Waals surface area contributed by atoms with Crippen molar-refractivity contribution in [3.63, 3.8) is 0 Å². The van der Waals surface area contributed by atoms with Crippen LogP contribution in [0.3, 0.4) is 0 Å². The molecule has 0 aromatic heterocycles. The number of hydrogen-bond acceptors (Lipinski definition) is 19. The molecule has 1 fully saturated rings. The summed E-state index contributed by atoms with van der Waals surface area (Å²) in [7, 11) is 0. The first-order valence-electron chi connectivity index (χ1n) is 20.8. The number of aliphatic hydroxyl groups excluding tert-OH is 1. The number of hydrogen-bond donors (Lipinski definition) is 3. The molecule has 0 aliphatic carbocycles. The van der Waals surface area contributed by atoms with E-state index in [0.717, 1.165) is 20.8 Å². The minimum atomic E-state index is -1.38. The maximum absolute atomic E-state index is 13.3. The fraction of sp³-hybridized carbons (Fsp3) is 0.829. The lowest BCUT2D eigenvalue weighted by Crippen LogP contribution is -2.51. The summed E-state index contributed by atoms with van der Waals surface area (Å²) in [6.45, 7) is 22.4. The smallest absolute Gasteiger partial charge is 0.320 e. The van der Waals surface area contributed by atoms with Crippen LogP contribution in [0.2, 0.25) is 0 Å². The quantitative estimate of drug-likeness (QED) is 0.0861. The molecule has 1 aliphatic rings. The zero-order chi connectivity index (χ0) is 46.6. The third-order valence-corrected chi connectivity index (χ3v) is 8.41. The van der Waals surface area contributed by atoms with Crippen LogP contribution < -0.4 is 10.6 Å². The molecular weight excluding hydrogens is 800 g/mol. The van der Waals surface area contributed by atoms with Crippen LogP contribution in [0.4, 0.5) is 0 Å². The summed E-state index contributed by atoms with van der Waals surface area (Å²) >= 11 is 0. The summed E-state index contributed by atoms with van der Waals surface area (Å²) < 4.78 is 32.2. The van der Waals surface area contributed by atoms with Crippen molar-refractivity contribution >= 4 is 41.7 Å². The summed E-state index contributed by atoms with van der Waals surface area (Å²) in [5.74, 6) is -3.65. The zero-order valence-electron chi connectivity index (χ0n) is 38.6. The molecule has 3 N–H and O–H groups in total. The minimum absolute atomic E-state index is 0.00952. The SMILES string of the molecule is CC(=O)OCC(OC(C)=O)[C@H](OC(C)=O)C(O)CNCCNC(=O)CN1CCN(CC(=O)OC(C)(C)C)CCN(CC(=O)OC(C)(C)C)CCN(CC(=O)OC(C)(C)C)CC1. The molecule has 2 unspecified atom stereocenters. The van der Waals surface area contributed by atoms with Crippen LogP contribution >= 0.6 is 0 Å². The van der Waals surface area contributed by atoms with Crippen molar-refractivity contribution in [3.8, 4) is 0 Å². The first kappa shape index (κ1) is 55.1. The number of carbonyl (C=O) groups is 7. The Labute approximate surface area is 361 Å². The first-order chi connectivity index (χ1) is 28.1. The van der Waals surface area contributed by atoms with Crippen molar-refractivity contribution in [2.45, 2.75) is 118 Å². The van der Waals surface area contributed by atoms with E-state index in [-0.39, 0.29) is 51.7 Å². The molecule has 20 heteroatoms. The molecule has 1 heterocycles. The molecule has 0 spiro atoms.